The zero-order chi connectivity index (χ0) is 27.9. The van der Waals surface area contributed by atoms with Crippen LogP contribution in [-0.2, 0) is 4.74 Å². The Labute approximate surface area is 226 Å². The molecule has 0 amide bonds. The van der Waals surface area contributed by atoms with Crippen molar-refractivity contribution in [2.45, 2.75) is 33.3 Å². The molecule has 202 valence electrons. The summed E-state index contributed by atoms with van der Waals surface area (Å²) in [5.74, 6) is 1.95. The van der Waals surface area contributed by atoms with Crippen LogP contribution in [0.1, 0.15) is 33.3 Å². The van der Waals surface area contributed by atoms with Gasteiger partial charge in [0, 0.05) is 10.9 Å². The second kappa shape index (κ2) is 12.5. The minimum atomic E-state index is -0.813. The van der Waals surface area contributed by atoms with Crippen LogP contribution in [0.4, 0.5) is 4.79 Å². The molecule has 0 aliphatic carbocycles. The minimum Gasteiger partial charge on any atom is -0.497 e. The van der Waals surface area contributed by atoms with E-state index in [1.54, 1.807) is 64.1 Å². The van der Waals surface area contributed by atoms with Gasteiger partial charge in [-0.3, -0.25) is 4.99 Å². The minimum absolute atomic E-state index is 0.237. The van der Waals surface area contributed by atoms with Crippen LogP contribution in [0.15, 0.2) is 64.0 Å². The quantitative estimate of drug-likeness (QED) is 0.145. The molecule has 0 aliphatic heterocycles. The third kappa shape index (κ3) is 7.48. The van der Waals surface area contributed by atoms with E-state index in [4.69, 9.17) is 28.8 Å². The van der Waals surface area contributed by atoms with Crippen molar-refractivity contribution in [1.29, 1.82) is 0 Å². The summed E-state index contributed by atoms with van der Waals surface area (Å²) in [6.45, 7) is 11.6. The number of ether oxygens (including phenoxy) is 5. The number of methoxy groups -OCH3 is 3. The molecule has 10 heteroatoms. The lowest BCUT2D eigenvalue weighted by atomic mass is 10.1. The van der Waals surface area contributed by atoms with E-state index in [0.29, 0.717) is 34.2 Å². The van der Waals surface area contributed by atoms with E-state index in [9.17, 15) is 4.79 Å². The summed E-state index contributed by atoms with van der Waals surface area (Å²) in [7, 11) is 4.72. The molecule has 2 aromatic carbocycles. The van der Waals surface area contributed by atoms with Gasteiger partial charge in [0.1, 0.15) is 17.1 Å². The van der Waals surface area contributed by atoms with Crippen LogP contribution < -0.4 is 23.7 Å². The van der Waals surface area contributed by atoms with E-state index >= 15 is 0 Å². The van der Waals surface area contributed by atoms with Crippen molar-refractivity contribution in [2.24, 2.45) is 10.1 Å². The number of benzene rings is 2. The largest absolute Gasteiger partial charge is 0.514 e. The number of carbonyl (C=O) groups is 1. The van der Waals surface area contributed by atoms with Crippen LogP contribution in [0, 0.1) is 0 Å². The molecular formula is C28H33N3O6S. The highest BCUT2D eigenvalue weighted by Gasteiger charge is 2.20. The number of hydrogen-bond acceptors (Lipinski definition) is 9. The Kier molecular flexibility index (Phi) is 9.35. The van der Waals surface area contributed by atoms with E-state index in [-0.39, 0.29) is 5.75 Å². The van der Waals surface area contributed by atoms with Gasteiger partial charge < -0.3 is 23.7 Å². The summed E-state index contributed by atoms with van der Waals surface area (Å²) in [4.78, 5) is 17.5. The molecule has 0 aliphatic rings. The summed E-state index contributed by atoms with van der Waals surface area (Å²) < 4.78 is 28.8. The van der Waals surface area contributed by atoms with E-state index in [2.05, 4.69) is 11.6 Å². The van der Waals surface area contributed by atoms with Gasteiger partial charge in [0.05, 0.1) is 39.8 Å². The zero-order valence-corrected chi connectivity index (χ0v) is 23.5. The number of nitrogens with zero attached hydrogens (tertiary/aromatic N) is 3. The molecule has 0 fully saturated rings. The first-order valence-corrected chi connectivity index (χ1v) is 12.6. The summed E-state index contributed by atoms with van der Waals surface area (Å²) in [6.07, 6.45) is 0.856. The molecule has 0 N–H and O–H groups in total. The van der Waals surface area contributed by atoms with Crippen LogP contribution in [-0.4, -0.2) is 50.5 Å². The highest BCUT2D eigenvalue weighted by molar-refractivity contribution is 7.07. The van der Waals surface area contributed by atoms with Gasteiger partial charge in [0.25, 0.3) is 0 Å². The highest BCUT2D eigenvalue weighted by Crippen LogP contribution is 2.34. The molecule has 1 aromatic heterocycles. The first-order valence-electron chi connectivity index (χ1n) is 11.8. The maximum Gasteiger partial charge on any atom is 0.514 e. The molecule has 0 saturated heterocycles. The number of aromatic nitrogens is 1. The Bertz CT molecular complexity index is 1400. The molecule has 3 aromatic rings. The van der Waals surface area contributed by atoms with Gasteiger partial charge in [-0.1, -0.05) is 12.2 Å². The summed E-state index contributed by atoms with van der Waals surface area (Å²) >= 11 is 1.45. The molecule has 1 heterocycles. The summed E-state index contributed by atoms with van der Waals surface area (Å²) in [6, 6.07) is 10.7. The monoisotopic (exact) mass is 539 g/mol. The van der Waals surface area contributed by atoms with Crippen molar-refractivity contribution in [3.63, 3.8) is 0 Å². The Morgan fingerprint density at radius 3 is 2.37 bits per heavy atom. The smallest absolute Gasteiger partial charge is 0.497 e. The van der Waals surface area contributed by atoms with Crippen LogP contribution in [0.2, 0.25) is 0 Å². The highest BCUT2D eigenvalue weighted by atomic mass is 32.1. The SMILES string of the molecule is C=C(C)CN=c1scc(-c2cc(OC)ccc2OC)n1N=Cc1ccc(OC(=O)OC(C)(C)C)c(OC)c1. The fourth-order valence-corrected chi connectivity index (χ4v) is 4.08. The fraction of sp³-hybridized carbons (Fsp3) is 0.321. The molecule has 0 saturated carbocycles. The first-order chi connectivity index (χ1) is 18.0. The van der Waals surface area contributed by atoms with E-state index < -0.39 is 11.8 Å². The topological polar surface area (TPSA) is 92.9 Å². The average Bonchev–Trinajstić information content (AvgIpc) is 3.27. The predicted molar refractivity (Wildman–Crippen MR) is 149 cm³/mol. The van der Waals surface area contributed by atoms with Crippen molar-refractivity contribution in [1.82, 2.24) is 4.68 Å². The number of carbonyl (C=O) groups excluding carboxylic acids is 1. The number of rotatable bonds is 9. The normalized spacial score (nSPS) is 11.9. The molecular weight excluding hydrogens is 506 g/mol. The van der Waals surface area contributed by atoms with E-state index in [0.717, 1.165) is 16.8 Å². The zero-order valence-electron chi connectivity index (χ0n) is 22.7. The van der Waals surface area contributed by atoms with Crippen molar-refractivity contribution in [3.05, 3.63) is 64.3 Å². The third-order valence-corrected chi connectivity index (χ3v) is 5.80. The van der Waals surface area contributed by atoms with Crippen LogP contribution in [0.5, 0.6) is 23.0 Å². The predicted octanol–water partition coefficient (Wildman–Crippen LogP) is 5.92. The fourth-order valence-electron chi connectivity index (χ4n) is 3.26. The molecule has 0 unspecified atom stereocenters. The Balaban J connectivity index is 2.02. The van der Waals surface area contributed by atoms with E-state index in [1.807, 2.05) is 30.5 Å². The van der Waals surface area contributed by atoms with Gasteiger partial charge in [-0.05, 0) is 69.7 Å². The van der Waals surface area contributed by atoms with E-state index in [1.165, 1.54) is 18.4 Å². The standard InChI is InChI=1S/C28H33N3O6S/c1-18(2)15-29-26-31(22(17-38-26)21-14-20(33-6)10-12-23(21)34-7)30-16-19-9-11-24(25(13-19)35-8)36-27(32)37-28(3,4)5/h9-14,16-17H,1,15H2,2-8H3. The summed E-state index contributed by atoms with van der Waals surface area (Å²) in [5, 5.41) is 6.69. The van der Waals surface area contributed by atoms with Gasteiger partial charge >= 0.3 is 6.16 Å². The molecule has 0 atom stereocenters. The third-order valence-electron chi connectivity index (χ3n) is 4.94. The molecule has 0 bridgehead atoms. The van der Waals surface area contributed by atoms with Crippen molar-refractivity contribution >= 4 is 23.7 Å². The second-order valence-corrected chi connectivity index (χ2v) is 10.1. The maximum atomic E-state index is 12.1. The van der Waals surface area contributed by atoms with Crippen LogP contribution in [0.25, 0.3) is 11.3 Å². The Morgan fingerprint density at radius 2 is 1.74 bits per heavy atom. The van der Waals surface area contributed by atoms with Crippen molar-refractivity contribution in [2.75, 3.05) is 27.9 Å². The Morgan fingerprint density at radius 1 is 1.03 bits per heavy atom. The van der Waals surface area contributed by atoms with Gasteiger partial charge in [-0.2, -0.15) is 5.10 Å². The molecule has 0 radical (unpaired) electrons. The first kappa shape index (κ1) is 28.5. The molecule has 38 heavy (non-hydrogen) atoms. The van der Waals surface area contributed by atoms with Gasteiger partial charge in [0.15, 0.2) is 11.5 Å². The lowest BCUT2D eigenvalue weighted by molar-refractivity contribution is 0.0201. The van der Waals surface area contributed by atoms with Gasteiger partial charge in [0.2, 0.25) is 4.80 Å². The van der Waals surface area contributed by atoms with Crippen LogP contribution in [0.3, 0.4) is 0 Å². The van der Waals surface area contributed by atoms with Gasteiger partial charge in [-0.25, -0.2) is 9.47 Å². The van der Waals surface area contributed by atoms with Crippen molar-refractivity contribution < 1.29 is 28.5 Å². The Hall–Kier alpha value is -4.05. The molecule has 0 spiro atoms. The van der Waals surface area contributed by atoms with Crippen molar-refractivity contribution in [3.8, 4) is 34.3 Å². The molecule has 9 nitrogen and oxygen atoms in total. The lowest BCUT2D eigenvalue weighted by Crippen LogP contribution is -2.26. The lowest BCUT2D eigenvalue weighted by Gasteiger charge is -2.19. The van der Waals surface area contributed by atoms with Gasteiger partial charge in [-0.15, -0.1) is 11.3 Å². The average molecular weight is 540 g/mol. The summed E-state index contributed by atoms with van der Waals surface area (Å²) in [5.41, 5.74) is 2.55. The maximum absolute atomic E-state index is 12.1. The number of hydrogen-bond donors (Lipinski definition) is 0. The number of thiazole rings is 1. The molecule has 3 rings (SSSR count). The van der Waals surface area contributed by atoms with Crippen LogP contribution >= 0.6 is 11.3 Å². The second-order valence-electron chi connectivity index (χ2n) is 9.28.